The molecule has 53 valence electrons. The van der Waals surface area contributed by atoms with E-state index in [1.807, 2.05) is 0 Å². The number of hydrogen-bond acceptors (Lipinski definition) is 1. The van der Waals surface area contributed by atoms with E-state index in [9.17, 15) is 4.39 Å². The lowest BCUT2D eigenvalue weighted by Crippen LogP contribution is -1.89. The summed E-state index contributed by atoms with van der Waals surface area (Å²) < 4.78 is 12.8. The molecule has 0 spiro atoms. The van der Waals surface area contributed by atoms with Gasteiger partial charge in [-0.05, 0) is 13.0 Å². The molecular formula is C8H8FS. The van der Waals surface area contributed by atoms with Gasteiger partial charge in [0.25, 0.3) is 0 Å². The third kappa shape index (κ3) is 1.51. The predicted octanol–water partition coefficient (Wildman–Crippen LogP) is 2.66. The minimum atomic E-state index is -0.213. The zero-order valence-electron chi connectivity index (χ0n) is 5.63. The van der Waals surface area contributed by atoms with Crippen LogP contribution in [0.3, 0.4) is 0 Å². The second kappa shape index (κ2) is 3.06. The molecule has 0 N–H and O–H groups in total. The second-order valence-electron chi connectivity index (χ2n) is 2.07. The maximum absolute atomic E-state index is 12.8. The molecule has 0 aromatic heterocycles. The van der Waals surface area contributed by atoms with Crippen molar-refractivity contribution in [2.75, 3.05) is 0 Å². The topological polar surface area (TPSA) is 0 Å². The van der Waals surface area contributed by atoms with Crippen LogP contribution in [0.4, 0.5) is 4.39 Å². The van der Waals surface area contributed by atoms with E-state index in [2.05, 4.69) is 12.6 Å². The molecule has 0 nitrogen and oxygen atoms in total. The highest BCUT2D eigenvalue weighted by atomic mass is 32.1. The van der Waals surface area contributed by atoms with Gasteiger partial charge in [0.15, 0.2) is 0 Å². The van der Waals surface area contributed by atoms with E-state index in [4.69, 9.17) is 0 Å². The lowest BCUT2D eigenvalue weighted by molar-refractivity contribution is 0.619. The number of rotatable bonds is 1. The Labute approximate surface area is 65.5 Å². The molecule has 0 amide bonds. The van der Waals surface area contributed by atoms with Crippen molar-refractivity contribution in [3.05, 3.63) is 40.9 Å². The molecule has 0 saturated heterocycles. The van der Waals surface area contributed by atoms with Gasteiger partial charge in [0.2, 0.25) is 0 Å². The molecule has 1 radical (unpaired) electrons. The molecule has 0 fully saturated rings. The third-order valence-electron chi connectivity index (χ3n) is 1.26. The molecule has 1 aromatic carbocycles. The highest BCUT2D eigenvalue weighted by Crippen LogP contribution is 2.19. The van der Waals surface area contributed by atoms with Crippen LogP contribution in [0.5, 0.6) is 0 Å². The van der Waals surface area contributed by atoms with Crippen LogP contribution in [-0.2, 0) is 0 Å². The van der Waals surface area contributed by atoms with Gasteiger partial charge in [0.05, 0.1) is 5.25 Å². The van der Waals surface area contributed by atoms with E-state index in [1.54, 1.807) is 25.1 Å². The summed E-state index contributed by atoms with van der Waals surface area (Å²) in [5.41, 5.74) is 0.575. The summed E-state index contributed by atoms with van der Waals surface area (Å²) in [5.74, 6) is -0.213. The number of benzene rings is 1. The van der Waals surface area contributed by atoms with Gasteiger partial charge in [-0.25, -0.2) is 4.39 Å². The predicted molar refractivity (Wildman–Crippen MR) is 43.4 cm³/mol. The lowest BCUT2D eigenvalue weighted by atomic mass is 10.1. The molecule has 0 aliphatic rings. The molecule has 0 saturated carbocycles. The van der Waals surface area contributed by atoms with Crippen LogP contribution in [0.2, 0.25) is 0 Å². The normalized spacial score (nSPS) is 10.4. The lowest BCUT2D eigenvalue weighted by Gasteiger charge is -2.02. The Balaban J connectivity index is 3.03. The SMILES string of the molecule is C[C](S)c1ccccc1F. The average molecular weight is 155 g/mol. The van der Waals surface area contributed by atoms with Crippen molar-refractivity contribution in [3.63, 3.8) is 0 Å². The van der Waals surface area contributed by atoms with Crippen molar-refractivity contribution < 1.29 is 4.39 Å². The van der Waals surface area contributed by atoms with Crippen LogP contribution in [0.25, 0.3) is 0 Å². The minimum Gasteiger partial charge on any atom is -0.207 e. The van der Waals surface area contributed by atoms with Crippen LogP contribution >= 0.6 is 12.6 Å². The van der Waals surface area contributed by atoms with E-state index in [1.165, 1.54) is 6.07 Å². The average Bonchev–Trinajstić information content (AvgIpc) is 1.88. The smallest absolute Gasteiger partial charge is 0.127 e. The van der Waals surface area contributed by atoms with Crippen LogP contribution in [0.1, 0.15) is 12.5 Å². The Hall–Kier alpha value is -0.500. The quantitative estimate of drug-likeness (QED) is 0.592. The molecule has 0 bridgehead atoms. The zero-order chi connectivity index (χ0) is 7.56. The number of halogens is 1. The summed E-state index contributed by atoms with van der Waals surface area (Å²) in [7, 11) is 0. The molecule has 2 heteroatoms. The van der Waals surface area contributed by atoms with E-state index < -0.39 is 0 Å². The van der Waals surface area contributed by atoms with Crippen LogP contribution in [0.15, 0.2) is 24.3 Å². The van der Waals surface area contributed by atoms with E-state index in [0.717, 1.165) is 0 Å². The van der Waals surface area contributed by atoms with Crippen molar-refractivity contribution in [3.8, 4) is 0 Å². The molecule has 0 aliphatic heterocycles. The maximum Gasteiger partial charge on any atom is 0.127 e. The first-order valence-electron chi connectivity index (χ1n) is 2.99. The first-order chi connectivity index (χ1) is 4.72. The van der Waals surface area contributed by atoms with Gasteiger partial charge in [-0.3, -0.25) is 0 Å². The van der Waals surface area contributed by atoms with Gasteiger partial charge >= 0.3 is 0 Å². The van der Waals surface area contributed by atoms with Crippen molar-refractivity contribution in [2.24, 2.45) is 0 Å². The standard InChI is InChI=1S/C8H8FS/c1-6(10)7-4-2-3-5-8(7)9/h2-5,10H,1H3. The van der Waals surface area contributed by atoms with Crippen molar-refractivity contribution in [1.82, 2.24) is 0 Å². The monoisotopic (exact) mass is 155 g/mol. The van der Waals surface area contributed by atoms with Gasteiger partial charge in [-0.1, -0.05) is 18.2 Å². The van der Waals surface area contributed by atoms with Crippen molar-refractivity contribution in [2.45, 2.75) is 6.92 Å². The Kier molecular flexibility index (Phi) is 2.33. The highest BCUT2D eigenvalue weighted by molar-refractivity contribution is 7.83. The van der Waals surface area contributed by atoms with E-state index in [-0.39, 0.29) is 5.82 Å². The Morgan fingerprint density at radius 3 is 2.40 bits per heavy atom. The fourth-order valence-corrected chi connectivity index (χ4v) is 0.936. The maximum atomic E-state index is 12.8. The van der Waals surface area contributed by atoms with E-state index >= 15 is 0 Å². The van der Waals surface area contributed by atoms with Gasteiger partial charge in [0.1, 0.15) is 5.82 Å². The summed E-state index contributed by atoms with van der Waals surface area (Å²) >= 11 is 4.03. The first kappa shape index (κ1) is 7.61. The molecular weight excluding hydrogens is 147 g/mol. The van der Waals surface area contributed by atoms with Gasteiger partial charge < -0.3 is 0 Å². The Bertz CT molecular complexity index is 220. The minimum absolute atomic E-state index is 0.213. The molecule has 0 atom stereocenters. The summed E-state index contributed by atoms with van der Waals surface area (Å²) in [6.45, 7) is 1.77. The molecule has 1 aromatic rings. The summed E-state index contributed by atoms with van der Waals surface area (Å²) in [6, 6.07) is 6.58. The van der Waals surface area contributed by atoms with Gasteiger partial charge in [-0.2, -0.15) is 12.6 Å². The van der Waals surface area contributed by atoms with Crippen molar-refractivity contribution >= 4 is 12.6 Å². The summed E-state index contributed by atoms with van der Waals surface area (Å²) in [4.78, 5) is 0. The van der Waals surface area contributed by atoms with Gasteiger partial charge in [0, 0.05) is 5.56 Å². The largest absolute Gasteiger partial charge is 0.207 e. The Morgan fingerprint density at radius 1 is 1.40 bits per heavy atom. The summed E-state index contributed by atoms with van der Waals surface area (Å²) in [5, 5.41) is 0.707. The highest BCUT2D eigenvalue weighted by Gasteiger charge is 2.04. The zero-order valence-corrected chi connectivity index (χ0v) is 6.53. The fourth-order valence-electron chi connectivity index (χ4n) is 0.755. The molecule has 10 heavy (non-hydrogen) atoms. The molecule has 0 aliphatic carbocycles. The third-order valence-corrected chi connectivity index (χ3v) is 1.50. The van der Waals surface area contributed by atoms with E-state index in [0.29, 0.717) is 10.8 Å². The molecule has 0 heterocycles. The molecule has 0 unspecified atom stereocenters. The molecule has 1 rings (SSSR count). The van der Waals surface area contributed by atoms with Crippen molar-refractivity contribution in [1.29, 1.82) is 0 Å². The van der Waals surface area contributed by atoms with Gasteiger partial charge in [-0.15, -0.1) is 0 Å². The fraction of sp³-hybridized carbons (Fsp3) is 0.125. The van der Waals surface area contributed by atoms with Crippen LogP contribution < -0.4 is 0 Å². The summed E-state index contributed by atoms with van der Waals surface area (Å²) in [6.07, 6.45) is 0. The van der Waals surface area contributed by atoms with Crippen LogP contribution in [-0.4, -0.2) is 0 Å². The number of hydrogen-bond donors (Lipinski definition) is 1. The van der Waals surface area contributed by atoms with Crippen LogP contribution in [0, 0.1) is 11.1 Å². The first-order valence-corrected chi connectivity index (χ1v) is 3.44. The Morgan fingerprint density at radius 2 is 2.00 bits per heavy atom. The second-order valence-corrected chi connectivity index (χ2v) is 2.74. The number of thiol groups is 1.